The zero-order chi connectivity index (χ0) is 13.0. The van der Waals surface area contributed by atoms with Crippen LogP contribution in [0, 0.1) is 0 Å². The number of aryl methyl sites for hydroxylation is 1. The topological polar surface area (TPSA) is 73.4 Å². The number of carbonyl (C=O) groups is 1. The lowest BCUT2D eigenvalue weighted by atomic mass is 10.2. The average Bonchev–Trinajstić information content (AvgIpc) is 2.85. The predicted molar refractivity (Wildman–Crippen MR) is 66.8 cm³/mol. The molecule has 0 unspecified atom stereocenters. The van der Waals surface area contributed by atoms with Crippen molar-refractivity contribution in [3.63, 3.8) is 0 Å². The molecule has 1 amide bonds. The van der Waals surface area contributed by atoms with Crippen molar-refractivity contribution in [1.82, 2.24) is 14.5 Å². The first-order valence-corrected chi connectivity index (χ1v) is 6.29. The predicted octanol–water partition coefficient (Wildman–Crippen LogP) is 0.152. The number of ether oxygens (including phenoxy) is 1. The lowest BCUT2D eigenvalue weighted by molar-refractivity contribution is -0.135. The first kappa shape index (κ1) is 13.0. The molecule has 0 aromatic carbocycles. The molecule has 1 atom stereocenters. The third-order valence-electron chi connectivity index (χ3n) is 3.14. The van der Waals surface area contributed by atoms with E-state index >= 15 is 0 Å². The molecule has 1 fully saturated rings. The number of hydrogen-bond acceptors (Lipinski definition) is 4. The highest BCUT2D eigenvalue weighted by molar-refractivity contribution is 5.76. The molecule has 0 saturated carbocycles. The number of aromatic nitrogens is 2. The van der Waals surface area contributed by atoms with E-state index in [9.17, 15) is 4.79 Å². The maximum atomic E-state index is 12.0. The molecule has 1 saturated heterocycles. The van der Waals surface area contributed by atoms with Crippen molar-refractivity contribution in [2.45, 2.75) is 25.9 Å². The molecule has 6 heteroatoms. The number of amides is 1. The van der Waals surface area contributed by atoms with Crippen molar-refractivity contribution in [2.24, 2.45) is 5.73 Å². The third-order valence-corrected chi connectivity index (χ3v) is 3.14. The van der Waals surface area contributed by atoms with Crippen LogP contribution in [0.3, 0.4) is 0 Å². The van der Waals surface area contributed by atoms with E-state index in [4.69, 9.17) is 10.5 Å². The molecule has 6 nitrogen and oxygen atoms in total. The summed E-state index contributed by atoms with van der Waals surface area (Å²) in [4.78, 5) is 17.9. The lowest BCUT2D eigenvalue weighted by Gasteiger charge is -2.27. The Morgan fingerprint density at radius 3 is 2.94 bits per heavy atom. The maximum absolute atomic E-state index is 12.0. The summed E-state index contributed by atoms with van der Waals surface area (Å²) in [5.74, 6) is 0.169. The Labute approximate surface area is 107 Å². The van der Waals surface area contributed by atoms with E-state index in [2.05, 4.69) is 4.98 Å². The van der Waals surface area contributed by atoms with Crippen molar-refractivity contribution in [1.29, 1.82) is 0 Å². The van der Waals surface area contributed by atoms with Gasteiger partial charge in [-0.25, -0.2) is 4.98 Å². The fourth-order valence-corrected chi connectivity index (χ4v) is 2.08. The zero-order valence-corrected chi connectivity index (χ0v) is 10.7. The largest absolute Gasteiger partial charge is 0.378 e. The Morgan fingerprint density at radius 2 is 2.28 bits per heavy atom. The van der Waals surface area contributed by atoms with Crippen LogP contribution < -0.4 is 5.73 Å². The van der Waals surface area contributed by atoms with Crippen molar-refractivity contribution in [3.8, 4) is 0 Å². The SMILES string of the molecule is C[C@@H](N)c1cncn1CCC(=O)N1CCOCC1. The summed E-state index contributed by atoms with van der Waals surface area (Å²) in [5, 5.41) is 0. The van der Waals surface area contributed by atoms with Crippen LogP contribution in [0.4, 0.5) is 0 Å². The van der Waals surface area contributed by atoms with E-state index in [0.717, 1.165) is 5.69 Å². The fraction of sp³-hybridized carbons (Fsp3) is 0.667. The Balaban J connectivity index is 1.86. The summed E-state index contributed by atoms with van der Waals surface area (Å²) in [6, 6.07) is -0.0639. The molecule has 0 radical (unpaired) electrons. The van der Waals surface area contributed by atoms with E-state index in [1.165, 1.54) is 0 Å². The molecule has 2 heterocycles. The van der Waals surface area contributed by atoms with Gasteiger partial charge in [-0.3, -0.25) is 4.79 Å². The molecule has 2 N–H and O–H groups in total. The maximum Gasteiger partial charge on any atom is 0.224 e. The molecular formula is C12H20N4O2. The average molecular weight is 252 g/mol. The van der Waals surface area contributed by atoms with Gasteiger partial charge in [-0.15, -0.1) is 0 Å². The number of morpholine rings is 1. The van der Waals surface area contributed by atoms with Crippen LogP contribution in [0.25, 0.3) is 0 Å². The third kappa shape index (κ3) is 3.08. The van der Waals surface area contributed by atoms with Crippen LogP contribution in [0.15, 0.2) is 12.5 Å². The van der Waals surface area contributed by atoms with E-state index in [1.807, 2.05) is 16.4 Å². The van der Waals surface area contributed by atoms with Gasteiger partial charge in [0.05, 0.1) is 25.2 Å². The first-order chi connectivity index (χ1) is 8.68. The highest BCUT2D eigenvalue weighted by Crippen LogP contribution is 2.10. The summed E-state index contributed by atoms with van der Waals surface area (Å²) >= 11 is 0. The van der Waals surface area contributed by atoms with Crippen LogP contribution in [0.1, 0.15) is 25.1 Å². The summed E-state index contributed by atoms with van der Waals surface area (Å²) in [6.07, 6.45) is 3.96. The minimum atomic E-state index is -0.0639. The second-order valence-corrected chi connectivity index (χ2v) is 4.54. The lowest BCUT2D eigenvalue weighted by Crippen LogP contribution is -2.41. The molecule has 1 aromatic heterocycles. The number of carbonyl (C=O) groups excluding carboxylic acids is 1. The van der Waals surface area contributed by atoms with Crippen molar-refractivity contribution in [2.75, 3.05) is 26.3 Å². The van der Waals surface area contributed by atoms with Gasteiger partial charge in [0, 0.05) is 38.3 Å². The normalized spacial score (nSPS) is 17.8. The molecule has 0 bridgehead atoms. The van der Waals surface area contributed by atoms with Gasteiger partial charge in [-0.05, 0) is 6.92 Å². The molecule has 100 valence electrons. The number of nitrogens with zero attached hydrogens (tertiary/aromatic N) is 3. The van der Waals surface area contributed by atoms with Gasteiger partial charge in [-0.2, -0.15) is 0 Å². The number of hydrogen-bond donors (Lipinski definition) is 1. The number of rotatable bonds is 4. The molecule has 2 rings (SSSR count). The van der Waals surface area contributed by atoms with Gasteiger partial charge in [0.2, 0.25) is 5.91 Å². The summed E-state index contributed by atoms with van der Waals surface area (Å²) < 4.78 is 7.17. The second kappa shape index (κ2) is 5.97. The number of imidazole rings is 1. The Morgan fingerprint density at radius 1 is 1.56 bits per heavy atom. The van der Waals surface area contributed by atoms with Crippen molar-refractivity contribution < 1.29 is 9.53 Å². The monoisotopic (exact) mass is 252 g/mol. The van der Waals surface area contributed by atoms with Gasteiger partial charge in [0.1, 0.15) is 0 Å². The minimum absolute atomic E-state index is 0.0639. The van der Waals surface area contributed by atoms with Gasteiger partial charge in [-0.1, -0.05) is 0 Å². The van der Waals surface area contributed by atoms with E-state index in [1.54, 1.807) is 12.5 Å². The summed E-state index contributed by atoms with van der Waals surface area (Å²) in [7, 11) is 0. The molecule has 1 aliphatic rings. The Hall–Kier alpha value is -1.40. The Kier molecular flexibility index (Phi) is 4.33. The van der Waals surface area contributed by atoms with Crippen LogP contribution in [0.5, 0.6) is 0 Å². The van der Waals surface area contributed by atoms with Crippen LogP contribution in [-0.4, -0.2) is 46.7 Å². The van der Waals surface area contributed by atoms with Crippen LogP contribution in [0.2, 0.25) is 0 Å². The number of nitrogens with two attached hydrogens (primary N) is 1. The van der Waals surface area contributed by atoms with Gasteiger partial charge < -0.3 is 19.9 Å². The van der Waals surface area contributed by atoms with Crippen LogP contribution in [-0.2, 0) is 16.1 Å². The van der Waals surface area contributed by atoms with E-state index < -0.39 is 0 Å². The van der Waals surface area contributed by atoms with Crippen molar-refractivity contribution >= 4 is 5.91 Å². The molecular weight excluding hydrogens is 232 g/mol. The highest BCUT2D eigenvalue weighted by Gasteiger charge is 2.17. The quantitative estimate of drug-likeness (QED) is 0.828. The molecule has 0 aliphatic carbocycles. The second-order valence-electron chi connectivity index (χ2n) is 4.54. The van der Waals surface area contributed by atoms with Gasteiger partial charge in [0.25, 0.3) is 0 Å². The van der Waals surface area contributed by atoms with E-state index in [0.29, 0.717) is 39.3 Å². The van der Waals surface area contributed by atoms with E-state index in [-0.39, 0.29) is 11.9 Å². The molecule has 18 heavy (non-hydrogen) atoms. The van der Waals surface area contributed by atoms with Gasteiger partial charge in [0.15, 0.2) is 0 Å². The summed E-state index contributed by atoms with van der Waals surface area (Å²) in [5.41, 5.74) is 6.80. The Bertz CT molecular complexity index is 397. The highest BCUT2D eigenvalue weighted by atomic mass is 16.5. The zero-order valence-electron chi connectivity index (χ0n) is 10.7. The molecule has 1 aromatic rings. The standard InChI is InChI=1S/C12H20N4O2/c1-10(13)11-8-14-9-16(11)3-2-12(17)15-4-6-18-7-5-15/h8-10H,2-7,13H2,1H3/t10-/m1/s1. The van der Waals surface area contributed by atoms with Crippen LogP contribution >= 0.6 is 0 Å². The van der Waals surface area contributed by atoms with Crippen molar-refractivity contribution in [3.05, 3.63) is 18.2 Å². The smallest absolute Gasteiger partial charge is 0.224 e. The minimum Gasteiger partial charge on any atom is -0.378 e. The fourth-order valence-electron chi connectivity index (χ4n) is 2.08. The van der Waals surface area contributed by atoms with Gasteiger partial charge >= 0.3 is 0 Å². The molecule has 0 spiro atoms. The first-order valence-electron chi connectivity index (χ1n) is 6.29. The summed E-state index contributed by atoms with van der Waals surface area (Å²) in [6.45, 7) is 5.22. The molecule has 1 aliphatic heterocycles.